The summed E-state index contributed by atoms with van der Waals surface area (Å²) in [5, 5.41) is 10.3. The normalized spacial score (nSPS) is 15.8. The molecule has 1 atom stereocenters. The number of hydrogen-bond donors (Lipinski definition) is 1. The summed E-state index contributed by atoms with van der Waals surface area (Å²) < 4.78 is 17.3. The first-order chi connectivity index (χ1) is 12.2. The van der Waals surface area contributed by atoms with Gasteiger partial charge in [-0.15, -0.1) is 16.4 Å². The molecule has 3 aromatic rings. The smallest absolute Gasteiger partial charge is 0.322 e. The Morgan fingerprint density at radius 1 is 1.24 bits per heavy atom. The molecule has 9 heteroatoms. The predicted molar refractivity (Wildman–Crippen MR) is 91.4 cm³/mol. The predicted octanol–water partition coefficient (Wildman–Crippen LogP) is 3.15. The molecular formula is C16H12ClN3O4S. The van der Waals surface area contributed by atoms with E-state index in [1.165, 1.54) is 11.3 Å². The van der Waals surface area contributed by atoms with Crippen molar-refractivity contribution in [2.75, 3.05) is 11.9 Å². The zero-order valence-electron chi connectivity index (χ0n) is 12.8. The van der Waals surface area contributed by atoms with E-state index in [0.29, 0.717) is 28.1 Å². The molecule has 0 saturated heterocycles. The van der Waals surface area contributed by atoms with Crippen LogP contribution in [0.15, 0.2) is 40.8 Å². The first-order valence-electron chi connectivity index (χ1n) is 7.43. The van der Waals surface area contributed by atoms with Crippen LogP contribution in [0.25, 0.3) is 0 Å². The summed E-state index contributed by atoms with van der Waals surface area (Å²) in [7, 11) is 0. The quantitative estimate of drug-likeness (QED) is 0.751. The van der Waals surface area contributed by atoms with E-state index in [9.17, 15) is 4.79 Å². The minimum Gasteiger partial charge on any atom is -0.485 e. The highest BCUT2D eigenvalue weighted by Gasteiger charge is 2.28. The van der Waals surface area contributed by atoms with Crippen molar-refractivity contribution >= 4 is 34.9 Å². The number of fused-ring (bicyclic) bond motifs is 1. The third-order valence-electron chi connectivity index (χ3n) is 3.45. The number of para-hydroxylation sites is 2. The maximum absolute atomic E-state index is 12.3. The summed E-state index contributed by atoms with van der Waals surface area (Å²) in [5.74, 6) is 1.11. The van der Waals surface area contributed by atoms with Gasteiger partial charge in [-0.05, 0) is 24.3 Å². The lowest BCUT2D eigenvalue weighted by Gasteiger charge is -2.24. The van der Waals surface area contributed by atoms with Gasteiger partial charge in [-0.2, -0.15) is 0 Å². The minimum absolute atomic E-state index is 0.0186. The molecule has 1 unspecified atom stereocenters. The van der Waals surface area contributed by atoms with E-state index in [4.69, 9.17) is 25.5 Å². The van der Waals surface area contributed by atoms with Crippen LogP contribution in [0.1, 0.15) is 10.8 Å². The van der Waals surface area contributed by atoms with Crippen LogP contribution in [0.4, 0.5) is 6.01 Å². The van der Waals surface area contributed by atoms with Crippen molar-refractivity contribution < 1.29 is 18.7 Å². The Bertz CT molecular complexity index is 910. The van der Waals surface area contributed by atoms with Gasteiger partial charge in [0.2, 0.25) is 12.0 Å². The van der Waals surface area contributed by atoms with Crippen LogP contribution in [0, 0.1) is 0 Å². The first-order valence-corrected chi connectivity index (χ1v) is 8.63. The van der Waals surface area contributed by atoms with Gasteiger partial charge in [0.25, 0.3) is 5.91 Å². The van der Waals surface area contributed by atoms with E-state index < -0.39 is 12.0 Å². The second-order valence-electron chi connectivity index (χ2n) is 5.24. The second-order valence-corrected chi connectivity index (χ2v) is 7.04. The Hall–Kier alpha value is -2.58. The maximum atomic E-state index is 12.3. The van der Waals surface area contributed by atoms with Crippen molar-refractivity contribution in [2.24, 2.45) is 0 Å². The van der Waals surface area contributed by atoms with E-state index in [1.54, 1.807) is 18.2 Å². The van der Waals surface area contributed by atoms with Crippen LogP contribution >= 0.6 is 22.9 Å². The number of nitrogens with one attached hydrogen (secondary N) is 1. The Morgan fingerprint density at radius 2 is 2.08 bits per heavy atom. The zero-order valence-corrected chi connectivity index (χ0v) is 14.3. The van der Waals surface area contributed by atoms with E-state index in [0.717, 1.165) is 4.88 Å². The van der Waals surface area contributed by atoms with Crippen molar-refractivity contribution in [3.8, 4) is 11.5 Å². The fourth-order valence-corrected chi connectivity index (χ4v) is 3.38. The van der Waals surface area contributed by atoms with E-state index in [1.807, 2.05) is 18.2 Å². The number of thiophene rings is 1. The molecule has 1 amide bonds. The Balaban J connectivity index is 1.38. The fraction of sp³-hybridized carbons (Fsp3) is 0.188. The van der Waals surface area contributed by atoms with Gasteiger partial charge in [-0.3, -0.25) is 10.1 Å². The van der Waals surface area contributed by atoms with Gasteiger partial charge in [-0.25, -0.2) is 0 Å². The minimum atomic E-state index is -0.790. The zero-order chi connectivity index (χ0) is 17.2. The number of anilines is 1. The molecule has 128 valence electrons. The number of amides is 1. The summed E-state index contributed by atoms with van der Waals surface area (Å²) in [5.41, 5.74) is 0. The topological polar surface area (TPSA) is 86.5 Å². The number of benzene rings is 1. The third kappa shape index (κ3) is 3.59. The van der Waals surface area contributed by atoms with E-state index in [2.05, 4.69) is 15.5 Å². The molecule has 4 rings (SSSR count). The summed E-state index contributed by atoms with van der Waals surface area (Å²) in [6.07, 6.45) is -0.335. The summed E-state index contributed by atoms with van der Waals surface area (Å²) in [4.78, 5) is 13.3. The van der Waals surface area contributed by atoms with Gasteiger partial charge in [-0.1, -0.05) is 28.8 Å². The molecule has 2 aromatic heterocycles. The molecule has 1 aliphatic heterocycles. The highest BCUT2D eigenvalue weighted by Crippen LogP contribution is 2.31. The van der Waals surface area contributed by atoms with Gasteiger partial charge < -0.3 is 13.9 Å². The molecule has 3 heterocycles. The fourth-order valence-electron chi connectivity index (χ4n) is 2.31. The lowest BCUT2D eigenvalue weighted by atomic mass is 10.2. The standard InChI is InChI=1S/C16H12ClN3O4S/c17-13-6-5-9(25-13)7-14-19-20-16(24-14)18-15(21)12-8-22-10-3-1-2-4-11(10)23-12/h1-6,12H,7-8H2,(H,18,20,21). The number of aromatic nitrogens is 2. The molecule has 0 fully saturated rings. The van der Waals surface area contributed by atoms with Gasteiger partial charge in [0.15, 0.2) is 11.5 Å². The van der Waals surface area contributed by atoms with Crippen LogP contribution < -0.4 is 14.8 Å². The van der Waals surface area contributed by atoms with E-state index in [-0.39, 0.29) is 12.6 Å². The molecule has 25 heavy (non-hydrogen) atoms. The van der Waals surface area contributed by atoms with Crippen molar-refractivity contribution in [2.45, 2.75) is 12.5 Å². The van der Waals surface area contributed by atoms with Crippen molar-refractivity contribution in [3.05, 3.63) is 51.5 Å². The van der Waals surface area contributed by atoms with Crippen molar-refractivity contribution in [1.82, 2.24) is 10.2 Å². The first kappa shape index (κ1) is 15.9. The number of rotatable bonds is 4. The molecule has 1 aliphatic rings. The molecule has 0 spiro atoms. The van der Waals surface area contributed by atoms with Crippen LogP contribution in [0.5, 0.6) is 11.5 Å². The van der Waals surface area contributed by atoms with E-state index >= 15 is 0 Å². The van der Waals surface area contributed by atoms with Gasteiger partial charge in [0.05, 0.1) is 10.8 Å². The van der Waals surface area contributed by atoms with Crippen LogP contribution in [0.2, 0.25) is 4.34 Å². The average molecular weight is 378 g/mol. The maximum Gasteiger partial charge on any atom is 0.322 e. The average Bonchev–Trinajstić information content (AvgIpc) is 3.23. The summed E-state index contributed by atoms with van der Waals surface area (Å²) in [6, 6.07) is 10.9. The lowest BCUT2D eigenvalue weighted by molar-refractivity contribution is -0.125. The summed E-state index contributed by atoms with van der Waals surface area (Å²) in [6.45, 7) is 0.109. The molecule has 0 aliphatic carbocycles. The number of nitrogens with zero attached hydrogens (tertiary/aromatic N) is 2. The largest absolute Gasteiger partial charge is 0.485 e. The van der Waals surface area contributed by atoms with Crippen LogP contribution in [-0.4, -0.2) is 28.8 Å². The van der Waals surface area contributed by atoms with Gasteiger partial charge in [0, 0.05) is 4.88 Å². The Morgan fingerprint density at radius 3 is 2.88 bits per heavy atom. The highest BCUT2D eigenvalue weighted by molar-refractivity contribution is 7.16. The van der Waals surface area contributed by atoms with Crippen LogP contribution in [-0.2, 0) is 11.2 Å². The molecule has 0 radical (unpaired) electrons. The lowest BCUT2D eigenvalue weighted by Crippen LogP contribution is -2.40. The number of halogens is 1. The van der Waals surface area contributed by atoms with Crippen molar-refractivity contribution in [1.29, 1.82) is 0 Å². The second kappa shape index (κ2) is 6.73. The SMILES string of the molecule is O=C(Nc1nnc(Cc2ccc(Cl)s2)o1)C1COc2ccccc2O1. The van der Waals surface area contributed by atoms with Crippen LogP contribution in [0.3, 0.4) is 0 Å². The van der Waals surface area contributed by atoms with Gasteiger partial charge in [0.1, 0.15) is 6.61 Å². The monoisotopic (exact) mass is 377 g/mol. The number of ether oxygens (including phenoxy) is 2. The Kier molecular flexibility index (Phi) is 4.29. The van der Waals surface area contributed by atoms with Gasteiger partial charge >= 0.3 is 6.01 Å². The third-order valence-corrected chi connectivity index (χ3v) is 4.68. The molecule has 1 N–H and O–H groups in total. The molecular weight excluding hydrogens is 366 g/mol. The molecule has 7 nitrogen and oxygen atoms in total. The number of carbonyl (C=O) groups is 1. The van der Waals surface area contributed by atoms with Crippen molar-refractivity contribution in [3.63, 3.8) is 0 Å². The molecule has 1 aromatic carbocycles. The molecule has 0 bridgehead atoms. The Labute approximate surface area is 151 Å². The molecule has 0 saturated carbocycles. The summed E-state index contributed by atoms with van der Waals surface area (Å²) >= 11 is 7.33. The highest BCUT2D eigenvalue weighted by atomic mass is 35.5. The number of carbonyl (C=O) groups excluding carboxylic acids is 1. The number of hydrogen-bond acceptors (Lipinski definition) is 7.